The van der Waals surface area contributed by atoms with E-state index in [9.17, 15) is 18.3 Å². The summed E-state index contributed by atoms with van der Waals surface area (Å²) in [5.74, 6) is -1.40. The summed E-state index contributed by atoms with van der Waals surface area (Å²) in [6.07, 6.45) is 4.60. The van der Waals surface area contributed by atoms with Gasteiger partial charge in [0.1, 0.15) is 0 Å². The molecule has 0 spiro atoms. The van der Waals surface area contributed by atoms with Crippen LogP contribution in [-0.4, -0.2) is 18.3 Å². The van der Waals surface area contributed by atoms with E-state index in [1.54, 1.807) is 30.3 Å². The molecule has 180 valence electrons. The molecule has 0 atom stereocenters. The Morgan fingerprint density at radius 3 is 2.15 bits per heavy atom. The molecule has 0 unspecified atom stereocenters. The van der Waals surface area contributed by atoms with E-state index >= 15 is 0 Å². The molecular weight excluding hydrogens is 437 g/mol. The van der Waals surface area contributed by atoms with Crippen LogP contribution in [0.2, 0.25) is 0 Å². The van der Waals surface area contributed by atoms with E-state index < -0.39 is 11.6 Å². The molecule has 0 aliphatic heterocycles. The number of hydrogen-bond donors (Lipinski definition) is 1. The second-order valence-corrected chi connectivity index (χ2v) is 9.13. The second-order valence-electron chi connectivity index (χ2n) is 9.13. The van der Waals surface area contributed by atoms with E-state index in [0.717, 1.165) is 36.8 Å². The molecule has 1 aliphatic rings. The first-order valence-corrected chi connectivity index (χ1v) is 12.1. The van der Waals surface area contributed by atoms with Crippen LogP contribution in [0.5, 0.6) is 5.75 Å². The molecule has 5 heteroatoms. The molecule has 0 amide bonds. The molecular formula is C29H31F3O2. The minimum absolute atomic E-state index is 0.00108. The number of benzene rings is 3. The van der Waals surface area contributed by atoms with Crippen molar-refractivity contribution in [2.45, 2.75) is 51.4 Å². The fraction of sp³-hybridized carbons (Fsp3) is 0.379. The number of aliphatic hydroxyl groups excluding tert-OH is 1. The monoisotopic (exact) mass is 468 g/mol. The Kier molecular flexibility index (Phi) is 7.94. The Labute approximate surface area is 199 Å². The van der Waals surface area contributed by atoms with Gasteiger partial charge in [0.05, 0.1) is 6.61 Å². The van der Waals surface area contributed by atoms with Crippen molar-refractivity contribution in [1.82, 2.24) is 0 Å². The Morgan fingerprint density at radius 1 is 0.824 bits per heavy atom. The lowest BCUT2D eigenvalue weighted by Crippen LogP contribution is -2.17. The Bertz CT molecular complexity index is 1100. The van der Waals surface area contributed by atoms with Gasteiger partial charge in [-0.25, -0.2) is 13.2 Å². The molecule has 3 aromatic rings. The van der Waals surface area contributed by atoms with E-state index in [1.807, 2.05) is 25.1 Å². The summed E-state index contributed by atoms with van der Waals surface area (Å²) in [4.78, 5) is 0. The third-order valence-corrected chi connectivity index (χ3v) is 6.92. The lowest BCUT2D eigenvalue weighted by Gasteiger charge is -2.28. The van der Waals surface area contributed by atoms with Gasteiger partial charge in [-0.05, 0) is 91.7 Å². The van der Waals surface area contributed by atoms with Crippen LogP contribution in [0, 0.1) is 23.4 Å². The van der Waals surface area contributed by atoms with Gasteiger partial charge in [0.2, 0.25) is 0 Å². The largest absolute Gasteiger partial charge is 0.491 e. The zero-order valence-electron chi connectivity index (χ0n) is 19.5. The zero-order valence-corrected chi connectivity index (χ0v) is 19.5. The van der Waals surface area contributed by atoms with Crippen molar-refractivity contribution < 1.29 is 23.0 Å². The molecule has 0 saturated heterocycles. The number of aryl methyl sites for hydroxylation is 2. The highest BCUT2D eigenvalue weighted by atomic mass is 19.2. The SMILES string of the molecule is CCOc1ccc(CCc2ccc(-c3ccc(C4CCC(CO)CC4)c(F)c3F)cc2)cc1F. The van der Waals surface area contributed by atoms with Crippen molar-refractivity contribution in [3.8, 4) is 16.9 Å². The second kappa shape index (κ2) is 11.1. The minimum atomic E-state index is -0.806. The zero-order chi connectivity index (χ0) is 24.1. The summed E-state index contributed by atoms with van der Waals surface area (Å²) in [5, 5.41) is 9.31. The predicted octanol–water partition coefficient (Wildman–Crippen LogP) is 7.22. The first-order valence-electron chi connectivity index (χ1n) is 12.1. The maximum absolute atomic E-state index is 15.0. The molecule has 1 saturated carbocycles. The summed E-state index contributed by atoms with van der Waals surface area (Å²) in [7, 11) is 0. The predicted molar refractivity (Wildman–Crippen MR) is 129 cm³/mol. The third kappa shape index (κ3) is 5.47. The van der Waals surface area contributed by atoms with Crippen LogP contribution < -0.4 is 4.74 Å². The summed E-state index contributed by atoms with van der Waals surface area (Å²) >= 11 is 0. The van der Waals surface area contributed by atoms with Crippen LogP contribution in [0.3, 0.4) is 0 Å². The molecule has 0 bridgehead atoms. The van der Waals surface area contributed by atoms with Crippen LogP contribution in [0.1, 0.15) is 55.2 Å². The first-order chi connectivity index (χ1) is 16.5. The van der Waals surface area contributed by atoms with Crippen molar-refractivity contribution >= 4 is 0 Å². The van der Waals surface area contributed by atoms with E-state index in [1.165, 1.54) is 6.07 Å². The van der Waals surface area contributed by atoms with Gasteiger partial charge < -0.3 is 9.84 Å². The molecule has 2 nitrogen and oxygen atoms in total. The van der Waals surface area contributed by atoms with Gasteiger partial charge in [0.25, 0.3) is 0 Å². The van der Waals surface area contributed by atoms with Gasteiger partial charge in [0.15, 0.2) is 23.2 Å². The summed E-state index contributed by atoms with van der Waals surface area (Å²) < 4.78 is 49.2. The first kappa shape index (κ1) is 24.3. The van der Waals surface area contributed by atoms with Crippen LogP contribution in [0.25, 0.3) is 11.1 Å². The maximum Gasteiger partial charge on any atom is 0.166 e. The van der Waals surface area contributed by atoms with Gasteiger partial charge in [-0.3, -0.25) is 0 Å². The average molecular weight is 469 g/mol. The lowest BCUT2D eigenvalue weighted by atomic mass is 9.78. The third-order valence-electron chi connectivity index (χ3n) is 6.92. The van der Waals surface area contributed by atoms with Gasteiger partial charge in [-0.1, -0.05) is 42.5 Å². The van der Waals surface area contributed by atoms with Crippen LogP contribution in [0.15, 0.2) is 54.6 Å². The fourth-order valence-corrected chi connectivity index (χ4v) is 4.87. The van der Waals surface area contributed by atoms with Gasteiger partial charge in [-0.15, -0.1) is 0 Å². The molecule has 4 rings (SSSR count). The van der Waals surface area contributed by atoms with Crippen molar-refractivity contribution in [1.29, 1.82) is 0 Å². The molecule has 0 radical (unpaired) electrons. The number of ether oxygens (including phenoxy) is 1. The molecule has 1 N–H and O–H groups in total. The maximum atomic E-state index is 15.0. The van der Waals surface area contributed by atoms with Gasteiger partial charge in [-0.2, -0.15) is 0 Å². The molecule has 1 aliphatic carbocycles. The summed E-state index contributed by atoms with van der Waals surface area (Å²) in [5.41, 5.74) is 3.24. The fourth-order valence-electron chi connectivity index (χ4n) is 4.87. The van der Waals surface area contributed by atoms with Crippen molar-refractivity contribution in [2.75, 3.05) is 13.2 Å². The number of rotatable bonds is 8. The highest BCUT2D eigenvalue weighted by Crippen LogP contribution is 2.38. The lowest BCUT2D eigenvalue weighted by molar-refractivity contribution is 0.181. The smallest absolute Gasteiger partial charge is 0.166 e. The number of halogens is 3. The normalized spacial score (nSPS) is 18.1. The Morgan fingerprint density at radius 2 is 1.50 bits per heavy atom. The minimum Gasteiger partial charge on any atom is -0.491 e. The molecule has 1 fully saturated rings. The van der Waals surface area contributed by atoms with E-state index in [-0.39, 0.29) is 35.6 Å². The van der Waals surface area contributed by atoms with Crippen molar-refractivity contribution in [3.05, 3.63) is 88.7 Å². The van der Waals surface area contributed by atoms with Crippen LogP contribution in [-0.2, 0) is 12.8 Å². The highest BCUT2D eigenvalue weighted by Gasteiger charge is 2.26. The van der Waals surface area contributed by atoms with Crippen LogP contribution >= 0.6 is 0 Å². The molecule has 3 aromatic carbocycles. The van der Waals surface area contributed by atoms with Crippen LogP contribution in [0.4, 0.5) is 13.2 Å². The number of hydrogen-bond acceptors (Lipinski definition) is 2. The Hall–Kier alpha value is -2.79. The van der Waals surface area contributed by atoms with Gasteiger partial charge in [0, 0.05) is 12.2 Å². The number of aliphatic hydroxyl groups is 1. The van der Waals surface area contributed by atoms with Crippen molar-refractivity contribution in [3.63, 3.8) is 0 Å². The average Bonchev–Trinajstić information content (AvgIpc) is 2.86. The summed E-state index contributed by atoms with van der Waals surface area (Å²) in [6.45, 7) is 2.40. The van der Waals surface area contributed by atoms with E-state index in [2.05, 4.69) is 0 Å². The molecule has 0 aromatic heterocycles. The van der Waals surface area contributed by atoms with E-state index in [4.69, 9.17) is 4.74 Å². The topological polar surface area (TPSA) is 29.5 Å². The van der Waals surface area contributed by atoms with Crippen molar-refractivity contribution in [2.24, 2.45) is 5.92 Å². The quantitative estimate of drug-likeness (QED) is 0.378. The standard InChI is InChI=1S/C29H31F3O2/c1-2-34-27-16-9-20(17-26(27)30)4-3-19-5-10-22(11-6-19)24-14-15-25(29(32)28(24)31)23-12-7-21(18-33)8-13-23/h5-6,9-11,14-17,21,23,33H,2-4,7-8,12-13,18H2,1H3. The highest BCUT2D eigenvalue weighted by molar-refractivity contribution is 5.65. The summed E-state index contributed by atoms with van der Waals surface area (Å²) in [6, 6.07) is 15.8. The molecule has 34 heavy (non-hydrogen) atoms. The van der Waals surface area contributed by atoms with E-state index in [0.29, 0.717) is 30.6 Å². The van der Waals surface area contributed by atoms with Gasteiger partial charge >= 0.3 is 0 Å². The molecule has 0 heterocycles. The Balaban J connectivity index is 1.42.